The quantitative estimate of drug-likeness (QED) is 0.484. The molecular weight excluding hydrogens is 314 g/mol. The van der Waals surface area contributed by atoms with Crippen molar-refractivity contribution in [1.82, 2.24) is 15.6 Å². The molecule has 0 aliphatic heterocycles. The summed E-state index contributed by atoms with van der Waals surface area (Å²) in [5.74, 6) is -0.746. The molecule has 1 heterocycles. The van der Waals surface area contributed by atoms with Crippen LogP contribution in [0.3, 0.4) is 0 Å². The van der Waals surface area contributed by atoms with Gasteiger partial charge in [0.25, 0.3) is 0 Å². The number of guanidine groups is 1. The molecule has 0 aliphatic rings. The highest BCUT2D eigenvalue weighted by molar-refractivity contribution is 5.79. The molecule has 0 fully saturated rings. The van der Waals surface area contributed by atoms with Gasteiger partial charge in [0.05, 0.1) is 18.8 Å². The largest absolute Gasteiger partial charge is 0.489 e. The first kappa shape index (κ1) is 17.7. The van der Waals surface area contributed by atoms with E-state index in [0.717, 1.165) is 23.4 Å². The van der Waals surface area contributed by atoms with Gasteiger partial charge >= 0.3 is 0 Å². The topological polar surface area (TPSA) is 58.5 Å². The second-order valence-corrected chi connectivity index (χ2v) is 5.04. The zero-order valence-electron chi connectivity index (χ0n) is 13.6. The fraction of sp³-hybridized carbons (Fsp3) is 0.294. The Morgan fingerprint density at radius 2 is 2.08 bits per heavy atom. The van der Waals surface area contributed by atoms with Crippen molar-refractivity contribution >= 4 is 5.96 Å². The van der Waals surface area contributed by atoms with Crippen LogP contribution in [-0.4, -0.2) is 31.1 Å². The molecule has 0 aliphatic carbocycles. The number of aromatic nitrogens is 1. The normalized spacial score (nSPS) is 11.2. The smallest absolute Gasteiger partial charge is 0.191 e. The van der Waals surface area contributed by atoms with E-state index >= 15 is 0 Å². The van der Waals surface area contributed by atoms with Gasteiger partial charge in [0, 0.05) is 19.3 Å². The monoisotopic (exact) mass is 334 g/mol. The van der Waals surface area contributed by atoms with Crippen LogP contribution in [0.25, 0.3) is 0 Å². The van der Waals surface area contributed by atoms with E-state index in [9.17, 15) is 8.78 Å². The summed E-state index contributed by atoms with van der Waals surface area (Å²) >= 11 is 0. The summed E-state index contributed by atoms with van der Waals surface area (Å²) in [7, 11) is 1.65. The van der Waals surface area contributed by atoms with E-state index in [0.29, 0.717) is 19.0 Å². The van der Waals surface area contributed by atoms with Gasteiger partial charge in [0.15, 0.2) is 17.5 Å². The van der Waals surface area contributed by atoms with Crippen LogP contribution in [0.4, 0.5) is 8.78 Å². The molecule has 2 aromatic rings. The lowest BCUT2D eigenvalue weighted by atomic mass is 10.2. The van der Waals surface area contributed by atoms with Gasteiger partial charge in [-0.25, -0.2) is 8.78 Å². The van der Waals surface area contributed by atoms with E-state index in [1.165, 1.54) is 6.07 Å². The first-order valence-electron chi connectivity index (χ1n) is 7.53. The molecular formula is C17H20F2N4O. The summed E-state index contributed by atoms with van der Waals surface area (Å²) in [6, 6.07) is 7.09. The molecule has 128 valence electrons. The number of ether oxygens (including phenoxy) is 1. The fourth-order valence-corrected chi connectivity index (χ4v) is 2.01. The zero-order valence-corrected chi connectivity index (χ0v) is 13.6. The minimum atomic E-state index is -0.719. The molecule has 1 aromatic carbocycles. The fourth-order valence-electron chi connectivity index (χ4n) is 2.01. The van der Waals surface area contributed by atoms with Gasteiger partial charge in [-0.1, -0.05) is 6.07 Å². The van der Waals surface area contributed by atoms with Crippen molar-refractivity contribution in [2.45, 2.75) is 13.5 Å². The second-order valence-electron chi connectivity index (χ2n) is 5.04. The second kappa shape index (κ2) is 8.81. The van der Waals surface area contributed by atoms with Crippen LogP contribution < -0.4 is 15.4 Å². The Bertz CT molecular complexity index is 707. The van der Waals surface area contributed by atoms with Gasteiger partial charge in [-0.05, 0) is 30.7 Å². The number of hydrogen-bond donors (Lipinski definition) is 2. The standard InChI is InChI=1S/C17H20F2N4O/c1-12-4-3-7-21-15(12)11-23-17(20-2)22-8-9-24-16-6-5-13(18)10-14(16)19/h3-7,10H,8-9,11H2,1-2H3,(H2,20,22,23). The first-order valence-corrected chi connectivity index (χ1v) is 7.53. The lowest BCUT2D eigenvalue weighted by Gasteiger charge is -2.13. The van der Waals surface area contributed by atoms with E-state index in [1.807, 2.05) is 19.1 Å². The van der Waals surface area contributed by atoms with Crippen LogP contribution in [0.15, 0.2) is 41.5 Å². The van der Waals surface area contributed by atoms with Crippen molar-refractivity contribution < 1.29 is 13.5 Å². The van der Waals surface area contributed by atoms with Gasteiger partial charge in [-0.15, -0.1) is 0 Å². The predicted molar refractivity (Wildman–Crippen MR) is 89.0 cm³/mol. The van der Waals surface area contributed by atoms with Crippen molar-refractivity contribution in [2.75, 3.05) is 20.2 Å². The van der Waals surface area contributed by atoms with Crippen molar-refractivity contribution in [1.29, 1.82) is 0 Å². The molecule has 24 heavy (non-hydrogen) atoms. The van der Waals surface area contributed by atoms with E-state index in [1.54, 1.807) is 13.2 Å². The van der Waals surface area contributed by atoms with E-state index in [-0.39, 0.29) is 12.4 Å². The molecule has 0 radical (unpaired) electrons. The lowest BCUT2D eigenvalue weighted by molar-refractivity contribution is 0.304. The Morgan fingerprint density at radius 1 is 1.25 bits per heavy atom. The van der Waals surface area contributed by atoms with E-state index in [4.69, 9.17) is 4.74 Å². The number of benzene rings is 1. The van der Waals surface area contributed by atoms with Crippen LogP contribution in [0, 0.1) is 18.6 Å². The Labute approximate surface area is 139 Å². The van der Waals surface area contributed by atoms with E-state index in [2.05, 4.69) is 20.6 Å². The van der Waals surface area contributed by atoms with Crippen molar-refractivity contribution in [3.05, 3.63) is 59.4 Å². The summed E-state index contributed by atoms with van der Waals surface area (Å²) in [5.41, 5.74) is 2.03. The van der Waals surface area contributed by atoms with Crippen LogP contribution in [0.2, 0.25) is 0 Å². The maximum atomic E-state index is 13.4. The predicted octanol–water partition coefficient (Wildman–Crippen LogP) is 2.41. The van der Waals surface area contributed by atoms with Gasteiger partial charge in [0.1, 0.15) is 12.4 Å². The summed E-state index contributed by atoms with van der Waals surface area (Å²) in [6.07, 6.45) is 1.74. The van der Waals surface area contributed by atoms with Gasteiger partial charge in [0.2, 0.25) is 0 Å². The molecule has 0 atom stereocenters. The summed E-state index contributed by atoms with van der Waals surface area (Å²) in [5, 5.41) is 6.19. The van der Waals surface area contributed by atoms with Crippen LogP contribution in [0.1, 0.15) is 11.3 Å². The molecule has 0 spiro atoms. The third-order valence-corrected chi connectivity index (χ3v) is 3.31. The summed E-state index contributed by atoms with van der Waals surface area (Å²) in [6.45, 7) is 3.16. The number of halogens is 2. The van der Waals surface area contributed by atoms with Gasteiger partial charge < -0.3 is 15.4 Å². The van der Waals surface area contributed by atoms with Crippen molar-refractivity contribution in [3.8, 4) is 5.75 Å². The maximum absolute atomic E-state index is 13.4. The molecule has 7 heteroatoms. The average molecular weight is 334 g/mol. The lowest BCUT2D eigenvalue weighted by Crippen LogP contribution is -2.39. The number of pyridine rings is 1. The molecule has 0 saturated heterocycles. The van der Waals surface area contributed by atoms with Crippen LogP contribution in [-0.2, 0) is 6.54 Å². The molecule has 1 aromatic heterocycles. The minimum Gasteiger partial charge on any atom is -0.489 e. The summed E-state index contributed by atoms with van der Waals surface area (Å²) in [4.78, 5) is 8.39. The number of nitrogens with zero attached hydrogens (tertiary/aromatic N) is 2. The number of aliphatic imine (C=N–C) groups is 1. The molecule has 0 amide bonds. The van der Waals surface area contributed by atoms with Gasteiger partial charge in [-0.3, -0.25) is 9.98 Å². The molecule has 0 bridgehead atoms. The third-order valence-electron chi connectivity index (χ3n) is 3.31. The SMILES string of the molecule is CN=C(NCCOc1ccc(F)cc1F)NCc1ncccc1C. The molecule has 0 saturated carbocycles. The highest BCUT2D eigenvalue weighted by Crippen LogP contribution is 2.17. The Kier molecular flexibility index (Phi) is 6.48. The molecule has 2 N–H and O–H groups in total. The maximum Gasteiger partial charge on any atom is 0.191 e. The average Bonchev–Trinajstić information content (AvgIpc) is 2.57. The van der Waals surface area contributed by atoms with Crippen molar-refractivity contribution in [3.63, 3.8) is 0 Å². The molecule has 2 rings (SSSR count). The number of rotatable bonds is 6. The molecule has 5 nitrogen and oxygen atoms in total. The number of aryl methyl sites for hydroxylation is 1. The highest BCUT2D eigenvalue weighted by atomic mass is 19.1. The van der Waals surface area contributed by atoms with Gasteiger partial charge in [-0.2, -0.15) is 0 Å². The Morgan fingerprint density at radius 3 is 2.79 bits per heavy atom. The van der Waals surface area contributed by atoms with Crippen LogP contribution >= 0.6 is 0 Å². The number of hydrogen-bond acceptors (Lipinski definition) is 3. The summed E-state index contributed by atoms with van der Waals surface area (Å²) < 4.78 is 31.5. The zero-order chi connectivity index (χ0) is 17.4. The Hall–Kier alpha value is -2.70. The molecule has 0 unspecified atom stereocenters. The number of nitrogens with one attached hydrogen (secondary N) is 2. The highest BCUT2D eigenvalue weighted by Gasteiger charge is 2.05. The van der Waals surface area contributed by atoms with Crippen molar-refractivity contribution in [2.24, 2.45) is 4.99 Å². The Balaban J connectivity index is 1.75. The third kappa shape index (κ3) is 5.19. The first-order chi connectivity index (χ1) is 11.6. The minimum absolute atomic E-state index is 0.0188. The van der Waals surface area contributed by atoms with Crippen LogP contribution in [0.5, 0.6) is 5.75 Å². The van der Waals surface area contributed by atoms with E-state index < -0.39 is 11.6 Å².